The molecule has 0 aliphatic rings. The van der Waals surface area contributed by atoms with E-state index in [1.54, 1.807) is 0 Å². The van der Waals surface area contributed by atoms with Crippen molar-refractivity contribution in [1.29, 1.82) is 0 Å². The van der Waals surface area contributed by atoms with Crippen LogP contribution >= 0.6 is 0 Å². The molecule has 276 valence electrons. The van der Waals surface area contributed by atoms with Gasteiger partial charge in [-0.3, -0.25) is 39.4 Å². The van der Waals surface area contributed by atoms with Crippen molar-refractivity contribution in [2.75, 3.05) is 0 Å². The summed E-state index contributed by atoms with van der Waals surface area (Å²) < 4.78 is 66.7. The molecule has 0 aliphatic heterocycles. The number of rotatable bonds is 11. The van der Waals surface area contributed by atoms with Gasteiger partial charge in [0.2, 0.25) is 0 Å². The molecule has 54 heavy (non-hydrogen) atoms. The van der Waals surface area contributed by atoms with Crippen LogP contribution in [-0.4, -0.2) is 56.0 Å². The maximum absolute atomic E-state index is 12.0. The van der Waals surface area contributed by atoms with E-state index in [0.29, 0.717) is 18.2 Å². The lowest BCUT2D eigenvalue weighted by Gasteiger charge is -2.10. The van der Waals surface area contributed by atoms with Crippen LogP contribution in [-0.2, 0) is 20.2 Å². The number of hydrogen-bond acceptors (Lipinski definition) is 19. The van der Waals surface area contributed by atoms with Crippen LogP contribution < -0.4 is 0 Å². The first-order chi connectivity index (χ1) is 25.2. The van der Waals surface area contributed by atoms with Crippen LogP contribution in [0.2, 0.25) is 0 Å². The van der Waals surface area contributed by atoms with Crippen LogP contribution in [0, 0.1) is 30.3 Å². The summed E-state index contributed by atoms with van der Waals surface area (Å²) in [4.78, 5) is 29.3. The molecule has 0 heterocycles. The summed E-state index contributed by atoms with van der Waals surface area (Å²) in [6.45, 7) is 0. The molecule has 0 spiro atoms. The summed E-state index contributed by atoms with van der Waals surface area (Å²) in [5.41, 5.74) is -4.96. The van der Waals surface area contributed by atoms with Crippen LogP contribution in [0.4, 0.5) is 51.2 Å². The molecule has 26 heteroatoms. The van der Waals surface area contributed by atoms with E-state index in [1.807, 2.05) is 0 Å². The Kier molecular flexibility index (Phi) is 10.0. The molecule has 24 nitrogen and oxygen atoms in total. The largest absolute Gasteiger partial charge is 0.507 e. The maximum atomic E-state index is 12.0. The molecule has 0 saturated heterocycles. The Balaban J connectivity index is 1.71. The fourth-order valence-electron chi connectivity index (χ4n) is 4.48. The van der Waals surface area contributed by atoms with E-state index in [9.17, 15) is 71.6 Å². The normalized spacial score (nSPS) is 12.3. The van der Waals surface area contributed by atoms with Crippen molar-refractivity contribution >= 4 is 82.2 Å². The molecule has 0 saturated carbocycles. The van der Waals surface area contributed by atoms with E-state index < -0.39 is 102 Å². The Morgan fingerprint density at radius 3 is 1.46 bits per heavy atom. The number of benzene rings is 5. The van der Waals surface area contributed by atoms with E-state index in [0.717, 1.165) is 54.6 Å². The quantitative estimate of drug-likeness (QED) is 0.0376. The zero-order valence-electron chi connectivity index (χ0n) is 26.1. The minimum atomic E-state index is -5.03. The Bertz CT molecular complexity index is 2700. The molecule has 5 aromatic rings. The highest BCUT2D eigenvalue weighted by molar-refractivity contribution is 7.86. The lowest BCUT2D eigenvalue weighted by atomic mass is 10.1. The summed E-state index contributed by atoms with van der Waals surface area (Å²) in [5.74, 6) is -2.85. The van der Waals surface area contributed by atoms with Gasteiger partial charge in [-0.25, -0.2) is 0 Å². The predicted octanol–water partition coefficient (Wildman–Crippen LogP) is 7.42. The zero-order chi connectivity index (χ0) is 39.7. The number of azo groups is 3. The first-order valence-corrected chi connectivity index (χ1v) is 16.9. The molecular weight excluding hydrogens is 766 g/mol. The molecule has 5 N–H and O–H groups in total. The molecule has 0 atom stereocenters. The van der Waals surface area contributed by atoms with Gasteiger partial charge in [0.25, 0.3) is 37.3 Å². The highest BCUT2D eigenvalue weighted by Gasteiger charge is 2.22. The van der Waals surface area contributed by atoms with Crippen molar-refractivity contribution in [3.8, 4) is 17.2 Å². The van der Waals surface area contributed by atoms with E-state index in [-0.39, 0.29) is 22.1 Å². The molecule has 0 radical (unpaired) electrons. The molecule has 0 aliphatic carbocycles. The Morgan fingerprint density at radius 1 is 0.500 bits per heavy atom. The van der Waals surface area contributed by atoms with Crippen molar-refractivity contribution in [1.82, 2.24) is 0 Å². The number of phenols is 3. The molecule has 0 fully saturated rings. The van der Waals surface area contributed by atoms with Gasteiger partial charge in [0.1, 0.15) is 17.1 Å². The minimum absolute atomic E-state index is 0.0354. The summed E-state index contributed by atoms with van der Waals surface area (Å²) >= 11 is 0. The van der Waals surface area contributed by atoms with Crippen molar-refractivity contribution in [2.45, 2.75) is 9.79 Å². The topological polar surface area (TPSA) is 373 Å². The smallest absolute Gasteiger partial charge is 0.294 e. The summed E-state index contributed by atoms with van der Waals surface area (Å²) in [5, 5.41) is 88.1. The summed E-state index contributed by atoms with van der Waals surface area (Å²) in [6.07, 6.45) is 0. The second-order valence-corrected chi connectivity index (χ2v) is 13.3. The third-order valence-corrected chi connectivity index (χ3v) is 8.59. The molecule has 0 amide bonds. The Labute approximate surface area is 298 Å². The Morgan fingerprint density at radius 2 is 0.963 bits per heavy atom. The average Bonchev–Trinajstić information content (AvgIpc) is 3.09. The highest BCUT2D eigenvalue weighted by atomic mass is 32.2. The van der Waals surface area contributed by atoms with E-state index >= 15 is 0 Å². The monoisotopic (exact) mass is 783 g/mol. The van der Waals surface area contributed by atoms with Crippen LogP contribution in [0.5, 0.6) is 17.2 Å². The van der Waals surface area contributed by atoms with E-state index in [2.05, 4.69) is 30.7 Å². The molecule has 0 aromatic heterocycles. The van der Waals surface area contributed by atoms with Gasteiger partial charge >= 0.3 is 0 Å². The molecule has 5 rings (SSSR count). The average molecular weight is 784 g/mol. The number of non-ortho nitro benzene ring substituents is 3. The van der Waals surface area contributed by atoms with Crippen molar-refractivity contribution in [3.63, 3.8) is 0 Å². The van der Waals surface area contributed by atoms with Crippen molar-refractivity contribution < 1.29 is 56.0 Å². The van der Waals surface area contributed by atoms with Crippen LogP contribution in [0.25, 0.3) is 10.8 Å². The number of fused-ring (bicyclic) bond motifs is 1. The molecule has 0 unspecified atom stereocenters. The molecular formula is C28H17N9O15S2. The van der Waals surface area contributed by atoms with Gasteiger partial charge in [-0.2, -0.15) is 21.9 Å². The number of aromatic hydroxyl groups is 3. The van der Waals surface area contributed by atoms with Gasteiger partial charge in [0, 0.05) is 36.4 Å². The standard InChI is InChI=1S/C28H17N9O15S2/c38-24-11-20(54(50,51)52)6-13-5-19(53(47,48)49)10-21(25(13)24)31-33-23-12-22(32-30-15-7-17(36(43)44)9-18(8-15)37(45)46)27(39)26(28(23)40)34-29-14-1-3-16(4-2-14)35(41)42/h1-12,38-40H,(H,47,48,49)(H,50,51,52)/b32-30+,33-31+,34-29+. The van der Waals surface area contributed by atoms with Crippen LogP contribution in [0.15, 0.2) is 113 Å². The van der Waals surface area contributed by atoms with Gasteiger partial charge < -0.3 is 15.3 Å². The van der Waals surface area contributed by atoms with Crippen molar-refractivity contribution in [2.24, 2.45) is 30.7 Å². The van der Waals surface area contributed by atoms with E-state index in [1.165, 1.54) is 0 Å². The number of hydrogen-bond donors (Lipinski definition) is 5. The zero-order valence-corrected chi connectivity index (χ0v) is 27.7. The van der Waals surface area contributed by atoms with Gasteiger partial charge in [-0.05, 0) is 35.7 Å². The summed E-state index contributed by atoms with van der Waals surface area (Å²) in [6, 6.07) is 10.2. The van der Waals surface area contributed by atoms with Gasteiger partial charge in [0.15, 0.2) is 17.2 Å². The number of nitro groups is 3. The predicted molar refractivity (Wildman–Crippen MR) is 180 cm³/mol. The lowest BCUT2D eigenvalue weighted by Crippen LogP contribution is -2.00. The fourth-order valence-corrected chi connectivity index (χ4v) is 5.55. The first-order valence-electron chi connectivity index (χ1n) is 14.0. The first kappa shape index (κ1) is 37.8. The van der Waals surface area contributed by atoms with E-state index in [4.69, 9.17) is 0 Å². The second-order valence-electron chi connectivity index (χ2n) is 10.5. The third-order valence-electron chi connectivity index (χ3n) is 6.93. The van der Waals surface area contributed by atoms with Gasteiger partial charge in [-0.15, -0.1) is 25.6 Å². The van der Waals surface area contributed by atoms with Gasteiger partial charge in [-0.1, -0.05) is 0 Å². The number of nitro benzene ring substituents is 3. The SMILES string of the molecule is O=[N+]([O-])c1ccc(/N=N/c2c(O)c(/N=N/c3cc([N+](=O)[O-])cc([N+](=O)[O-])c3)cc(/N=N/c3cc(S(=O)(=O)O)cc4cc(S(=O)(=O)O)cc(O)c34)c2O)cc1. The maximum Gasteiger partial charge on any atom is 0.294 e. The number of phenolic OH excluding ortho intramolecular Hbond substituents is 3. The molecule has 0 bridgehead atoms. The summed E-state index contributed by atoms with van der Waals surface area (Å²) in [7, 11) is -9.98. The second kappa shape index (κ2) is 14.3. The van der Waals surface area contributed by atoms with Crippen LogP contribution in [0.1, 0.15) is 0 Å². The third kappa shape index (κ3) is 8.21. The Hall–Kier alpha value is -7.42. The fraction of sp³-hybridized carbons (Fsp3) is 0. The van der Waals surface area contributed by atoms with Crippen molar-refractivity contribution in [3.05, 3.63) is 103 Å². The minimum Gasteiger partial charge on any atom is -0.507 e. The number of nitrogens with zero attached hydrogens (tertiary/aromatic N) is 9. The van der Waals surface area contributed by atoms with Crippen LogP contribution in [0.3, 0.4) is 0 Å². The lowest BCUT2D eigenvalue weighted by molar-refractivity contribution is -0.394. The molecule has 5 aromatic carbocycles. The van der Waals surface area contributed by atoms with Gasteiger partial charge in [0.05, 0.1) is 53.1 Å². The highest BCUT2D eigenvalue weighted by Crippen LogP contribution is 2.51.